The van der Waals surface area contributed by atoms with Crippen LogP contribution in [0.1, 0.15) is 33.1 Å². The molecule has 0 saturated heterocycles. The second kappa shape index (κ2) is 4.87. The van der Waals surface area contributed by atoms with Crippen LogP contribution < -0.4 is 0 Å². The van der Waals surface area contributed by atoms with Crippen LogP contribution in [0.15, 0.2) is 12.2 Å². The maximum Gasteiger partial charge on any atom is 0.0542 e. The molecule has 0 N–H and O–H groups in total. The van der Waals surface area contributed by atoms with E-state index in [0.717, 1.165) is 19.3 Å². The highest BCUT2D eigenvalue weighted by Gasteiger charge is 2.03. The Labute approximate surface area is 62.9 Å². The molecule has 0 heterocycles. The average molecular weight is 147 g/mol. The average Bonchev–Trinajstić information content (AvgIpc) is 1.87. The van der Waals surface area contributed by atoms with Crippen LogP contribution in [-0.2, 0) is 0 Å². The zero-order chi connectivity index (χ0) is 7.28. The lowest BCUT2D eigenvalue weighted by molar-refractivity contribution is 0.776. The lowest BCUT2D eigenvalue weighted by atomic mass is 10.1. The van der Waals surface area contributed by atoms with Gasteiger partial charge >= 0.3 is 0 Å². The molecule has 0 aliphatic rings. The van der Waals surface area contributed by atoms with Crippen LogP contribution in [0, 0.1) is 0 Å². The van der Waals surface area contributed by atoms with E-state index in [0.29, 0.717) is 0 Å². The Hall–Kier alpha value is 0.0300. The van der Waals surface area contributed by atoms with Gasteiger partial charge in [0.1, 0.15) is 0 Å². The third kappa shape index (κ3) is 3.58. The number of halogens is 1. The molecule has 0 aliphatic heterocycles. The van der Waals surface area contributed by atoms with E-state index in [1.165, 1.54) is 5.57 Å². The lowest BCUT2D eigenvalue weighted by Gasteiger charge is -2.07. The van der Waals surface area contributed by atoms with Crippen molar-refractivity contribution in [2.45, 2.75) is 38.5 Å². The molecule has 54 valence electrons. The predicted molar refractivity (Wildman–Crippen MR) is 44.0 cm³/mol. The van der Waals surface area contributed by atoms with E-state index < -0.39 is 0 Å². The highest BCUT2D eigenvalue weighted by molar-refractivity contribution is 6.22. The SMILES string of the molecule is C=C(CC)C(Cl)CCC. The van der Waals surface area contributed by atoms with Gasteiger partial charge in [0.25, 0.3) is 0 Å². The van der Waals surface area contributed by atoms with Crippen molar-refractivity contribution in [3.63, 3.8) is 0 Å². The predicted octanol–water partition coefficient (Wildman–Crippen LogP) is 3.36. The maximum atomic E-state index is 5.93. The molecule has 0 rings (SSSR count). The van der Waals surface area contributed by atoms with Crippen molar-refractivity contribution < 1.29 is 0 Å². The first-order chi connectivity index (χ1) is 4.22. The number of alkyl halides is 1. The summed E-state index contributed by atoms with van der Waals surface area (Å²) < 4.78 is 0. The molecule has 1 unspecified atom stereocenters. The van der Waals surface area contributed by atoms with Crippen LogP contribution in [-0.4, -0.2) is 5.38 Å². The van der Waals surface area contributed by atoms with Gasteiger partial charge in [-0.05, 0) is 12.8 Å². The van der Waals surface area contributed by atoms with Crippen LogP contribution in [0.4, 0.5) is 0 Å². The van der Waals surface area contributed by atoms with Gasteiger partial charge in [-0.25, -0.2) is 0 Å². The van der Waals surface area contributed by atoms with Gasteiger partial charge in [0.2, 0.25) is 0 Å². The number of hydrogen-bond acceptors (Lipinski definition) is 0. The van der Waals surface area contributed by atoms with Gasteiger partial charge in [0.15, 0.2) is 0 Å². The molecule has 0 amide bonds. The molecule has 0 aromatic heterocycles. The molecule has 1 heteroatoms. The van der Waals surface area contributed by atoms with Gasteiger partial charge in [0.05, 0.1) is 5.38 Å². The second-order valence-corrected chi connectivity index (χ2v) is 2.79. The summed E-state index contributed by atoms with van der Waals surface area (Å²) in [5, 5.41) is 0.208. The molecule has 0 aliphatic carbocycles. The fourth-order valence-electron chi connectivity index (χ4n) is 0.679. The van der Waals surface area contributed by atoms with Crippen LogP contribution in [0.2, 0.25) is 0 Å². The fourth-order valence-corrected chi connectivity index (χ4v) is 1.05. The van der Waals surface area contributed by atoms with E-state index in [4.69, 9.17) is 11.6 Å². The van der Waals surface area contributed by atoms with Crippen molar-refractivity contribution in [2.75, 3.05) is 0 Å². The monoisotopic (exact) mass is 146 g/mol. The summed E-state index contributed by atoms with van der Waals surface area (Å²) in [6.45, 7) is 8.09. The highest BCUT2D eigenvalue weighted by atomic mass is 35.5. The minimum atomic E-state index is 0.208. The van der Waals surface area contributed by atoms with Gasteiger partial charge < -0.3 is 0 Å². The second-order valence-electron chi connectivity index (χ2n) is 2.27. The van der Waals surface area contributed by atoms with Gasteiger partial charge in [0, 0.05) is 0 Å². The molecular formula is C8H15Cl. The van der Waals surface area contributed by atoms with Crippen LogP contribution >= 0.6 is 11.6 Å². The Morgan fingerprint density at radius 1 is 1.56 bits per heavy atom. The minimum absolute atomic E-state index is 0.208. The topological polar surface area (TPSA) is 0 Å². The molecular weight excluding hydrogens is 132 g/mol. The van der Waals surface area contributed by atoms with Crippen molar-refractivity contribution >= 4 is 11.6 Å². The molecule has 0 aromatic rings. The van der Waals surface area contributed by atoms with Gasteiger partial charge in [-0.15, -0.1) is 11.6 Å². The molecule has 0 nitrogen and oxygen atoms in total. The lowest BCUT2D eigenvalue weighted by Crippen LogP contribution is -1.99. The standard InChI is InChI=1S/C8H15Cl/c1-4-6-8(9)7(3)5-2/h8H,3-6H2,1-2H3. The molecule has 0 saturated carbocycles. The minimum Gasteiger partial charge on any atom is -0.118 e. The molecule has 0 fully saturated rings. The Morgan fingerprint density at radius 2 is 2.11 bits per heavy atom. The molecule has 0 spiro atoms. The summed E-state index contributed by atoms with van der Waals surface area (Å²) in [5.74, 6) is 0. The van der Waals surface area contributed by atoms with E-state index in [-0.39, 0.29) is 5.38 Å². The maximum absolute atomic E-state index is 5.93. The normalized spacial score (nSPS) is 13.2. The van der Waals surface area contributed by atoms with Crippen LogP contribution in [0.5, 0.6) is 0 Å². The smallest absolute Gasteiger partial charge is 0.0542 e. The fraction of sp³-hybridized carbons (Fsp3) is 0.750. The summed E-state index contributed by atoms with van der Waals surface area (Å²) in [7, 11) is 0. The highest BCUT2D eigenvalue weighted by Crippen LogP contribution is 2.15. The Bertz CT molecular complexity index is 86.6. The Kier molecular flexibility index (Phi) is 4.88. The van der Waals surface area contributed by atoms with Gasteiger partial charge in [-0.2, -0.15) is 0 Å². The van der Waals surface area contributed by atoms with E-state index in [2.05, 4.69) is 20.4 Å². The van der Waals surface area contributed by atoms with Crippen LogP contribution in [0.3, 0.4) is 0 Å². The van der Waals surface area contributed by atoms with E-state index in [1.54, 1.807) is 0 Å². The van der Waals surface area contributed by atoms with E-state index in [1.807, 2.05) is 0 Å². The number of allylic oxidation sites excluding steroid dienone is 1. The number of hydrogen-bond donors (Lipinski definition) is 0. The first-order valence-electron chi connectivity index (χ1n) is 3.54. The van der Waals surface area contributed by atoms with Crippen molar-refractivity contribution in [1.82, 2.24) is 0 Å². The van der Waals surface area contributed by atoms with Crippen molar-refractivity contribution in [3.05, 3.63) is 12.2 Å². The molecule has 0 aromatic carbocycles. The van der Waals surface area contributed by atoms with E-state index >= 15 is 0 Å². The largest absolute Gasteiger partial charge is 0.118 e. The quantitative estimate of drug-likeness (QED) is 0.422. The molecule has 0 radical (unpaired) electrons. The molecule has 1 atom stereocenters. The Balaban J connectivity index is 3.45. The first kappa shape index (κ1) is 9.03. The summed E-state index contributed by atoms with van der Waals surface area (Å²) in [6.07, 6.45) is 3.22. The number of rotatable bonds is 4. The van der Waals surface area contributed by atoms with Crippen molar-refractivity contribution in [3.8, 4) is 0 Å². The Morgan fingerprint density at radius 3 is 2.44 bits per heavy atom. The third-order valence-corrected chi connectivity index (χ3v) is 1.97. The summed E-state index contributed by atoms with van der Waals surface area (Å²) in [6, 6.07) is 0. The van der Waals surface area contributed by atoms with Crippen molar-refractivity contribution in [1.29, 1.82) is 0 Å². The summed E-state index contributed by atoms with van der Waals surface area (Å²) in [5.41, 5.74) is 1.17. The van der Waals surface area contributed by atoms with Gasteiger partial charge in [-0.1, -0.05) is 32.4 Å². The van der Waals surface area contributed by atoms with Crippen LogP contribution in [0.25, 0.3) is 0 Å². The zero-order valence-corrected chi connectivity index (χ0v) is 7.04. The summed E-state index contributed by atoms with van der Waals surface area (Å²) in [4.78, 5) is 0. The first-order valence-corrected chi connectivity index (χ1v) is 3.97. The third-order valence-electron chi connectivity index (χ3n) is 1.44. The summed E-state index contributed by atoms with van der Waals surface area (Å²) >= 11 is 5.93. The van der Waals surface area contributed by atoms with E-state index in [9.17, 15) is 0 Å². The molecule has 0 bridgehead atoms. The molecule has 9 heavy (non-hydrogen) atoms. The van der Waals surface area contributed by atoms with Gasteiger partial charge in [-0.3, -0.25) is 0 Å². The zero-order valence-electron chi connectivity index (χ0n) is 6.28. The van der Waals surface area contributed by atoms with Crippen molar-refractivity contribution in [2.24, 2.45) is 0 Å².